The van der Waals surface area contributed by atoms with Crippen LogP contribution in [0.1, 0.15) is 75.0 Å². The highest BCUT2D eigenvalue weighted by molar-refractivity contribution is 6.35. The van der Waals surface area contributed by atoms with Crippen molar-refractivity contribution in [3.8, 4) is 6.07 Å². The fraction of sp³-hybridized carbons (Fsp3) is 0.433. The summed E-state index contributed by atoms with van der Waals surface area (Å²) in [5, 5.41) is 26.2. The maximum atomic E-state index is 16.1. The molecule has 2 aliphatic carbocycles. The van der Waals surface area contributed by atoms with Crippen molar-refractivity contribution in [2.45, 2.75) is 65.0 Å². The molecule has 0 spiro atoms. The highest BCUT2D eigenvalue weighted by Gasteiger charge is 2.57. The number of fused-ring (bicyclic) bond motifs is 1. The molecule has 1 unspecified atom stereocenters. The van der Waals surface area contributed by atoms with Gasteiger partial charge >= 0.3 is 0 Å². The Hall–Kier alpha value is -3.84. The van der Waals surface area contributed by atoms with E-state index in [0.29, 0.717) is 56.6 Å². The summed E-state index contributed by atoms with van der Waals surface area (Å²) < 4.78 is 31.6. The summed E-state index contributed by atoms with van der Waals surface area (Å²) in [5.41, 5.74) is 2.77. The summed E-state index contributed by atoms with van der Waals surface area (Å²) in [6.07, 6.45) is 5.40. The summed E-state index contributed by atoms with van der Waals surface area (Å²) in [7, 11) is 0. The van der Waals surface area contributed by atoms with Crippen molar-refractivity contribution in [3.63, 3.8) is 0 Å². The maximum Gasteiger partial charge on any atom is 0.237 e. The third kappa shape index (κ3) is 5.08. The first kappa shape index (κ1) is 27.3. The van der Waals surface area contributed by atoms with Crippen LogP contribution in [0.4, 0.5) is 20.2 Å². The number of nitrogens with zero attached hydrogens (tertiary/aromatic N) is 6. The average molecular weight is 577 g/mol. The molecule has 0 aliphatic heterocycles. The molecule has 0 radical (unpaired) electrons. The van der Waals surface area contributed by atoms with Crippen molar-refractivity contribution in [1.82, 2.24) is 25.0 Å². The van der Waals surface area contributed by atoms with Gasteiger partial charge in [0, 0.05) is 35.1 Å². The van der Waals surface area contributed by atoms with Gasteiger partial charge in [0.25, 0.3) is 0 Å². The molecule has 2 aliphatic rings. The van der Waals surface area contributed by atoms with E-state index in [4.69, 9.17) is 11.6 Å². The lowest BCUT2D eigenvalue weighted by molar-refractivity contribution is 0.314. The summed E-state index contributed by atoms with van der Waals surface area (Å²) in [6.45, 7) is 8.56. The molecule has 2 saturated carbocycles. The van der Waals surface area contributed by atoms with Gasteiger partial charge in [-0.15, -0.1) is 5.10 Å². The normalized spacial score (nSPS) is 16.8. The van der Waals surface area contributed by atoms with Gasteiger partial charge in [0.05, 0.1) is 27.3 Å². The third-order valence-corrected chi connectivity index (χ3v) is 8.28. The Morgan fingerprint density at radius 1 is 1.22 bits per heavy atom. The molecule has 2 fully saturated rings. The standard InChI is InChI=1S/C30H31ClF2N8/c1-16-20(7-8-23(32)37-16)26(27-28(33)41(40-39-27)30(9-10-30)18-5-6-18)38-19-11-21-24(36-15-29(2,3)4)17(13-34)14-35-25(21)22(31)12-19/h7-8,11-12,14,18,26,38H,5-6,9-10,15H2,1-4H3,(H,35,36). The SMILES string of the molecule is Cc1nc(F)ccc1C(Nc1cc(Cl)c2ncc(C#N)c(NCC(C)(C)C)c2c1)c1nnn(C2(C3CC3)CC2)c1F. The van der Waals surface area contributed by atoms with Gasteiger partial charge in [-0.05, 0) is 62.1 Å². The number of pyridine rings is 2. The first-order valence-corrected chi connectivity index (χ1v) is 14.2. The number of rotatable bonds is 8. The van der Waals surface area contributed by atoms with Gasteiger partial charge in [-0.25, -0.2) is 9.67 Å². The number of hydrogen-bond donors (Lipinski definition) is 2. The number of nitriles is 1. The highest BCUT2D eigenvalue weighted by Crippen LogP contribution is 2.59. The van der Waals surface area contributed by atoms with Gasteiger partial charge in [0.2, 0.25) is 11.9 Å². The van der Waals surface area contributed by atoms with Crippen molar-refractivity contribution in [2.75, 3.05) is 17.2 Å². The van der Waals surface area contributed by atoms with E-state index in [9.17, 15) is 9.65 Å². The van der Waals surface area contributed by atoms with E-state index in [-0.39, 0.29) is 16.6 Å². The molecule has 41 heavy (non-hydrogen) atoms. The molecule has 1 aromatic carbocycles. The molecule has 8 nitrogen and oxygen atoms in total. The first-order valence-electron chi connectivity index (χ1n) is 13.8. The molecule has 2 N–H and O–H groups in total. The maximum absolute atomic E-state index is 16.1. The lowest BCUT2D eigenvalue weighted by atomic mass is 9.96. The second-order valence-electron chi connectivity index (χ2n) is 12.4. The lowest BCUT2D eigenvalue weighted by Gasteiger charge is -2.23. The van der Waals surface area contributed by atoms with E-state index in [1.807, 2.05) is 6.07 Å². The van der Waals surface area contributed by atoms with E-state index >= 15 is 4.39 Å². The zero-order valence-corrected chi connectivity index (χ0v) is 24.2. The van der Waals surface area contributed by atoms with Crippen LogP contribution >= 0.6 is 11.6 Å². The van der Waals surface area contributed by atoms with Crippen LogP contribution in [0.3, 0.4) is 0 Å². The third-order valence-electron chi connectivity index (χ3n) is 7.99. The molecule has 3 heterocycles. The quantitative estimate of drug-likeness (QED) is 0.220. The summed E-state index contributed by atoms with van der Waals surface area (Å²) in [4.78, 5) is 8.41. The number of aryl methyl sites for hydroxylation is 1. The van der Waals surface area contributed by atoms with Gasteiger partial charge in [0.15, 0.2) is 0 Å². The lowest BCUT2D eigenvalue weighted by Crippen LogP contribution is -2.24. The van der Waals surface area contributed by atoms with Crippen LogP contribution in [0.5, 0.6) is 0 Å². The van der Waals surface area contributed by atoms with E-state index in [0.717, 1.165) is 25.7 Å². The minimum Gasteiger partial charge on any atom is -0.383 e. The van der Waals surface area contributed by atoms with E-state index in [2.05, 4.69) is 57.8 Å². The number of benzene rings is 1. The van der Waals surface area contributed by atoms with Crippen LogP contribution in [0.2, 0.25) is 5.02 Å². The average Bonchev–Trinajstić information content (AvgIpc) is 3.83. The molecule has 3 aromatic heterocycles. The van der Waals surface area contributed by atoms with Crippen LogP contribution < -0.4 is 10.6 Å². The minimum absolute atomic E-state index is 0.0527. The van der Waals surface area contributed by atoms with Crippen LogP contribution in [-0.4, -0.2) is 31.5 Å². The van der Waals surface area contributed by atoms with Crippen molar-refractivity contribution in [2.24, 2.45) is 11.3 Å². The molecule has 0 amide bonds. The predicted octanol–water partition coefficient (Wildman–Crippen LogP) is 6.89. The zero-order valence-electron chi connectivity index (χ0n) is 23.4. The summed E-state index contributed by atoms with van der Waals surface area (Å²) in [5.74, 6) is -0.714. The Morgan fingerprint density at radius 2 is 1.98 bits per heavy atom. The summed E-state index contributed by atoms with van der Waals surface area (Å²) in [6, 6.07) is 7.73. The van der Waals surface area contributed by atoms with E-state index in [1.54, 1.807) is 19.1 Å². The second-order valence-corrected chi connectivity index (χ2v) is 12.8. The topological polar surface area (TPSA) is 104 Å². The van der Waals surface area contributed by atoms with Crippen LogP contribution in [0.25, 0.3) is 10.9 Å². The van der Waals surface area contributed by atoms with Crippen molar-refractivity contribution in [1.29, 1.82) is 5.26 Å². The van der Waals surface area contributed by atoms with Crippen molar-refractivity contribution >= 4 is 33.9 Å². The van der Waals surface area contributed by atoms with Crippen LogP contribution in [0.15, 0.2) is 30.5 Å². The zero-order chi connectivity index (χ0) is 29.1. The molecular formula is C30H31ClF2N8. The fourth-order valence-electron chi connectivity index (χ4n) is 5.56. The Labute approximate surface area is 242 Å². The Kier molecular flexibility index (Phi) is 6.61. The number of nitrogens with one attached hydrogen (secondary N) is 2. The molecule has 0 saturated heterocycles. The molecule has 1 atom stereocenters. The smallest absolute Gasteiger partial charge is 0.237 e. The molecular weight excluding hydrogens is 546 g/mol. The van der Waals surface area contributed by atoms with Crippen molar-refractivity contribution < 1.29 is 8.78 Å². The Bertz CT molecular complexity index is 1700. The Balaban J connectivity index is 1.46. The monoisotopic (exact) mass is 576 g/mol. The van der Waals surface area contributed by atoms with Gasteiger partial charge in [-0.2, -0.15) is 14.0 Å². The largest absolute Gasteiger partial charge is 0.383 e. The molecule has 212 valence electrons. The predicted molar refractivity (Wildman–Crippen MR) is 154 cm³/mol. The number of halogens is 3. The van der Waals surface area contributed by atoms with Gasteiger partial charge in [-0.1, -0.05) is 43.7 Å². The molecule has 0 bridgehead atoms. The number of hydrogen-bond acceptors (Lipinski definition) is 7. The van der Waals surface area contributed by atoms with Crippen molar-refractivity contribution in [3.05, 3.63) is 69.9 Å². The summed E-state index contributed by atoms with van der Waals surface area (Å²) >= 11 is 6.71. The van der Waals surface area contributed by atoms with Gasteiger partial charge < -0.3 is 10.6 Å². The van der Waals surface area contributed by atoms with E-state index < -0.39 is 17.9 Å². The fourth-order valence-corrected chi connectivity index (χ4v) is 5.83. The molecule has 4 aromatic rings. The van der Waals surface area contributed by atoms with E-state index in [1.165, 1.54) is 16.9 Å². The molecule has 6 rings (SSSR count). The number of anilines is 2. The van der Waals surface area contributed by atoms with Gasteiger partial charge in [-0.3, -0.25) is 4.98 Å². The Morgan fingerprint density at radius 3 is 2.61 bits per heavy atom. The van der Waals surface area contributed by atoms with Gasteiger partial charge in [0.1, 0.15) is 17.8 Å². The van der Waals surface area contributed by atoms with Crippen LogP contribution in [-0.2, 0) is 5.54 Å². The first-order chi connectivity index (χ1) is 19.5. The van der Waals surface area contributed by atoms with Crippen LogP contribution in [0, 0.1) is 41.5 Å². The molecule has 11 heteroatoms. The second kappa shape index (κ2) is 9.91. The highest BCUT2D eigenvalue weighted by atomic mass is 35.5. The minimum atomic E-state index is -0.835. The number of aromatic nitrogens is 5.